The van der Waals surface area contributed by atoms with Crippen molar-refractivity contribution in [2.75, 3.05) is 17.7 Å². The van der Waals surface area contributed by atoms with Crippen LogP contribution in [0.5, 0.6) is 0 Å². The number of anilines is 3. The van der Waals surface area contributed by atoms with Crippen molar-refractivity contribution >= 4 is 56.5 Å². The molecule has 1 aromatic carbocycles. The van der Waals surface area contributed by atoms with Gasteiger partial charge >= 0.3 is 0 Å². The second-order valence-electron chi connectivity index (χ2n) is 3.39. The Balaban J connectivity index is 2.31. The van der Waals surface area contributed by atoms with Crippen molar-refractivity contribution in [2.24, 2.45) is 0 Å². The molecule has 0 aliphatic heterocycles. The quantitative estimate of drug-likeness (QED) is 0.811. The highest BCUT2D eigenvalue weighted by atomic mass is 79.9. The van der Waals surface area contributed by atoms with Crippen LogP contribution in [-0.2, 0) is 0 Å². The zero-order valence-electron chi connectivity index (χ0n) is 9.34. The van der Waals surface area contributed by atoms with Crippen LogP contribution in [0.15, 0.2) is 29.0 Å². The average molecular weight is 348 g/mol. The van der Waals surface area contributed by atoms with E-state index < -0.39 is 0 Å². The minimum atomic E-state index is 0.433. The van der Waals surface area contributed by atoms with E-state index >= 15 is 0 Å². The van der Waals surface area contributed by atoms with E-state index in [0.717, 1.165) is 4.47 Å². The fraction of sp³-hybridized carbons (Fsp3) is 0.0909. The molecule has 0 fully saturated rings. The van der Waals surface area contributed by atoms with Gasteiger partial charge in [0, 0.05) is 11.5 Å². The summed E-state index contributed by atoms with van der Waals surface area (Å²) in [7, 11) is 1.78. The molecule has 2 rings (SSSR count). The molecule has 18 heavy (non-hydrogen) atoms. The van der Waals surface area contributed by atoms with Crippen LogP contribution in [0, 0.1) is 0 Å². The molecule has 2 aromatic rings. The Morgan fingerprint density at radius 1 is 1.11 bits per heavy atom. The van der Waals surface area contributed by atoms with E-state index in [0.29, 0.717) is 27.4 Å². The predicted molar refractivity (Wildman–Crippen MR) is 79.0 cm³/mol. The highest BCUT2D eigenvalue weighted by Crippen LogP contribution is 2.36. The molecule has 0 amide bonds. The molecule has 0 saturated heterocycles. The zero-order valence-corrected chi connectivity index (χ0v) is 12.4. The van der Waals surface area contributed by atoms with Crippen molar-refractivity contribution in [3.05, 3.63) is 39.0 Å². The Morgan fingerprint density at radius 2 is 1.83 bits per heavy atom. The minimum Gasteiger partial charge on any atom is -0.372 e. The van der Waals surface area contributed by atoms with E-state index in [1.165, 1.54) is 0 Å². The summed E-state index contributed by atoms with van der Waals surface area (Å²) in [5.74, 6) is 1.25. The topological polar surface area (TPSA) is 49.8 Å². The van der Waals surface area contributed by atoms with Gasteiger partial charge in [-0.1, -0.05) is 23.2 Å². The fourth-order valence-corrected chi connectivity index (χ4v) is 2.13. The van der Waals surface area contributed by atoms with Crippen molar-refractivity contribution < 1.29 is 0 Å². The lowest BCUT2D eigenvalue weighted by Crippen LogP contribution is -1.99. The minimum absolute atomic E-state index is 0.433. The smallest absolute Gasteiger partial charge is 0.151 e. The van der Waals surface area contributed by atoms with Crippen LogP contribution in [0.4, 0.5) is 17.3 Å². The summed E-state index contributed by atoms with van der Waals surface area (Å²) in [4.78, 5) is 8.33. The average Bonchev–Trinajstić information content (AvgIpc) is 2.40. The van der Waals surface area contributed by atoms with Crippen molar-refractivity contribution in [2.45, 2.75) is 0 Å². The van der Waals surface area contributed by atoms with E-state index in [2.05, 4.69) is 36.5 Å². The monoisotopic (exact) mass is 346 g/mol. The molecule has 4 nitrogen and oxygen atoms in total. The van der Waals surface area contributed by atoms with Crippen molar-refractivity contribution in [3.8, 4) is 0 Å². The number of aromatic nitrogens is 2. The van der Waals surface area contributed by atoms with Gasteiger partial charge in [0.15, 0.2) is 5.82 Å². The predicted octanol–water partition coefficient (Wildman–Crippen LogP) is 4.33. The molecule has 0 spiro atoms. The molecule has 1 heterocycles. The summed E-state index contributed by atoms with van der Waals surface area (Å²) >= 11 is 15.5. The lowest BCUT2D eigenvalue weighted by molar-refractivity contribution is 1.18. The van der Waals surface area contributed by atoms with Gasteiger partial charge in [0.05, 0.1) is 28.1 Å². The van der Waals surface area contributed by atoms with Gasteiger partial charge in [0.25, 0.3) is 0 Å². The first kappa shape index (κ1) is 13.4. The summed E-state index contributed by atoms with van der Waals surface area (Å²) in [6, 6.07) is 3.62. The Bertz CT molecular complexity index is 577. The number of nitrogens with one attached hydrogen (secondary N) is 2. The van der Waals surface area contributed by atoms with E-state index in [1.807, 2.05) is 12.1 Å². The Kier molecular flexibility index (Phi) is 4.27. The third kappa shape index (κ3) is 2.85. The molecule has 2 N–H and O–H groups in total. The summed E-state index contributed by atoms with van der Waals surface area (Å²) in [5.41, 5.74) is 0.674. The molecule has 0 aliphatic carbocycles. The normalized spacial score (nSPS) is 10.2. The Morgan fingerprint density at radius 3 is 2.56 bits per heavy atom. The third-order valence-corrected chi connectivity index (χ3v) is 3.96. The molecular formula is C11H9BrCl2N4. The van der Waals surface area contributed by atoms with E-state index in [9.17, 15) is 0 Å². The van der Waals surface area contributed by atoms with Gasteiger partial charge in [0.2, 0.25) is 0 Å². The number of nitrogens with zero attached hydrogens (tertiary/aromatic N) is 2. The SMILES string of the molecule is CNc1cncc(Nc2ccc(Br)c(Cl)c2Cl)n1. The lowest BCUT2D eigenvalue weighted by Gasteiger charge is -2.10. The molecule has 0 aliphatic rings. The second-order valence-corrected chi connectivity index (χ2v) is 5.00. The van der Waals surface area contributed by atoms with E-state index in [4.69, 9.17) is 23.2 Å². The van der Waals surface area contributed by atoms with Gasteiger partial charge in [-0.3, -0.25) is 4.98 Å². The molecule has 0 atom stereocenters. The summed E-state index contributed by atoms with van der Waals surface area (Å²) < 4.78 is 0.745. The molecule has 94 valence electrons. The van der Waals surface area contributed by atoms with Crippen molar-refractivity contribution in [1.82, 2.24) is 9.97 Å². The molecule has 0 saturated carbocycles. The van der Waals surface area contributed by atoms with Gasteiger partial charge in [-0.25, -0.2) is 4.98 Å². The van der Waals surface area contributed by atoms with Crippen LogP contribution in [0.25, 0.3) is 0 Å². The first-order chi connectivity index (χ1) is 8.61. The van der Waals surface area contributed by atoms with Crippen molar-refractivity contribution in [3.63, 3.8) is 0 Å². The van der Waals surface area contributed by atoms with Crippen LogP contribution >= 0.6 is 39.1 Å². The maximum atomic E-state index is 6.13. The number of hydrogen-bond acceptors (Lipinski definition) is 4. The number of rotatable bonds is 3. The first-order valence-electron chi connectivity index (χ1n) is 5.02. The van der Waals surface area contributed by atoms with Gasteiger partial charge in [-0.05, 0) is 28.1 Å². The highest BCUT2D eigenvalue weighted by molar-refractivity contribution is 9.10. The zero-order chi connectivity index (χ0) is 13.1. The maximum Gasteiger partial charge on any atom is 0.151 e. The fourth-order valence-electron chi connectivity index (χ4n) is 1.31. The molecular weight excluding hydrogens is 339 g/mol. The van der Waals surface area contributed by atoms with Crippen LogP contribution in [0.3, 0.4) is 0 Å². The van der Waals surface area contributed by atoms with Crippen LogP contribution < -0.4 is 10.6 Å². The first-order valence-corrected chi connectivity index (χ1v) is 6.57. The van der Waals surface area contributed by atoms with Gasteiger partial charge in [0.1, 0.15) is 5.82 Å². The molecule has 0 radical (unpaired) electrons. The Labute approximate surface area is 123 Å². The maximum absolute atomic E-state index is 6.13. The van der Waals surface area contributed by atoms with E-state index in [1.54, 1.807) is 19.4 Å². The largest absolute Gasteiger partial charge is 0.372 e. The number of hydrogen-bond donors (Lipinski definition) is 2. The second kappa shape index (κ2) is 5.73. The summed E-state index contributed by atoms with van der Waals surface area (Å²) in [6.07, 6.45) is 3.23. The van der Waals surface area contributed by atoms with E-state index in [-0.39, 0.29) is 0 Å². The molecule has 1 aromatic heterocycles. The molecule has 0 unspecified atom stereocenters. The highest BCUT2D eigenvalue weighted by Gasteiger charge is 2.09. The standard InChI is InChI=1S/C11H9BrCl2N4/c1-15-8-4-16-5-9(18-8)17-7-3-2-6(12)10(13)11(7)14/h2-5H,1H3,(H2,15,17,18). The lowest BCUT2D eigenvalue weighted by atomic mass is 10.3. The van der Waals surface area contributed by atoms with Gasteiger partial charge < -0.3 is 10.6 Å². The summed E-state index contributed by atoms with van der Waals surface area (Å²) in [5, 5.41) is 6.86. The Hall–Kier alpha value is -1.04. The van der Waals surface area contributed by atoms with Crippen molar-refractivity contribution in [1.29, 1.82) is 0 Å². The van der Waals surface area contributed by atoms with Crippen LogP contribution in [0.1, 0.15) is 0 Å². The molecule has 0 bridgehead atoms. The van der Waals surface area contributed by atoms with Crippen LogP contribution in [-0.4, -0.2) is 17.0 Å². The number of halogens is 3. The van der Waals surface area contributed by atoms with Gasteiger partial charge in [-0.2, -0.15) is 0 Å². The number of benzene rings is 1. The van der Waals surface area contributed by atoms with Crippen LogP contribution in [0.2, 0.25) is 10.0 Å². The third-order valence-electron chi connectivity index (χ3n) is 2.19. The van der Waals surface area contributed by atoms with Gasteiger partial charge in [-0.15, -0.1) is 0 Å². The summed E-state index contributed by atoms with van der Waals surface area (Å²) in [6.45, 7) is 0. The molecule has 7 heteroatoms.